The fourth-order valence-corrected chi connectivity index (χ4v) is 2.67. The molecule has 5 heteroatoms. The first-order chi connectivity index (χ1) is 9.72. The Kier molecular flexibility index (Phi) is 3.52. The third-order valence-electron chi connectivity index (χ3n) is 2.87. The summed E-state index contributed by atoms with van der Waals surface area (Å²) in [5, 5.41) is 0.929. The lowest BCUT2D eigenvalue weighted by molar-refractivity contribution is 1.000. The molecule has 100 valence electrons. The summed E-state index contributed by atoms with van der Waals surface area (Å²) in [6, 6.07) is 11.2. The first kappa shape index (κ1) is 12.9. The second kappa shape index (κ2) is 5.46. The molecule has 3 aromatic heterocycles. The second-order valence-corrected chi connectivity index (χ2v) is 5.47. The fraction of sp³-hybridized carbons (Fsp3) is 0.133. The van der Waals surface area contributed by atoms with Crippen molar-refractivity contribution < 1.29 is 0 Å². The molecule has 0 saturated carbocycles. The molecule has 0 amide bonds. The van der Waals surface area contributed by atoms with Crippen LogP contribution in [0.3, 0.4) is 0 Å². The van der Waals surface area contributed by atoms with Gasteiger partial charge in [0.15, 0.2) is 0 Å². The van der Waals surface area contributed by atoms with E-state index in [1.54, 1.807) is 34.6 Å². The van der Waals surface area contributed by atoms with Gasteiger partial charge in [0.1, 0.15) is 5.65 Å². The van der Waals surface area contributed by atoms with Crippen LogP contribution in [-0.4, -0.2) is 14.4 Å². The second-order valence-electron chi connectivity index (χ2n) is 4.48. The lowest BCUT2D eigenvalue weighted by Gasteiger charge is -2.04. The third kappa shape index (κ3) is 2.72. The molecule has 0 aromatic carbocycles. The molecule has 0 N–H and O–H groups in total. The molecule has 0 atom stereocenters. The Morgan fingerprint density at radius 1 is 1.25 bits per heavy atom. The minimum Gasteiger partial charge on any atom is -0.269 e. The van der Waals surface area contributed by atoms with Crippen molar-refractivity contribution in [1.82, 2.24) is 14.4 Å². The van der Waals surface area contributed by atoms with Gasteiger partial charge >= 0.3 is 0 Å². The summed E-state index contributed by atoms with van der Waals surface area (Å²) in [6.45, 7) is 1.96. The minimum atomic E-state index is -0.0460. The fourth-order valence-electron chi connectivity index (χ4n) is 1.91. The van der Waals surface area contributed by atoms with Gasteiger partial charge in [-0.15, -0.1) is 11.8 Å². The number of rotatable bonds is 3. The van der Waals surface area contributed by atoms with Gasteiger partial charge in [-0.2, -0.15) is 0 Å². The first-order valence-corrected chi connectivity index (χ1v) is 7.24. The number of hydrogen-bond acceptors (Lipinski definition) is 4. The molecular formula is C15H13N3OS. The monoisotopic (exact) mass is 283 g/mol. The Morgan fingerprint density at radius 2 is 2.15 bits per heavy atom. The number of fused-ring (bicyclic) bond motifs is 1. The first-order valence-electron chi connectivity index (χ1n) is 6.25. The van der Waals surface area contributed by atoms with E-state index in [0.29, 0.717) is 11.4 Å². The Bertz CT molecular complexity index is 799. The van der Waals surface area contributed by atoms with E-state index in [1.165, 1.54) is 0 Å². The lowest BCUT2D eigenvalue weighted by Crippen LogP contribution is -2.15. The zero-order valence-electron chi connectivity index (χ0n) is 11.0. The van der Waals surface area contributed by atoms with Crippen molar-refractivity contribution in [3.63, 3.8) is 0 Å². The van der Waals surface area contributed by atoms with Crippen LogP contribution in [0, 0.1) is 6.92 Å². The van der Waals surface area contributed by atoms with E-state index in [0.717, 1.165) is 16.3 Å². The SMILES string of the molecule is Cc1ccc2nc(CSc3ccccn3)cc(=O)n2c1. The highest BCUT2D eigenvalue weighted by Crippen LogP contribution is 2.18. The highest BCUT2D eigenvalue weighted by molar-refractivity contribution is 7.98. The van der Waals surface area contributed by atoms with Crippen LogP contribution in [0.25, 0.3) is 5.65 Å². The van der Waals surface area contributed by atoms with Crippen molar-refractivity contribution in [2.45, 2.75) is 17.7 Å². The van der Waals surface area contributed by atoms with Gasteiger partial charge in [-0.3, -0.25) is 9.20 Å². The molecule has 0 spiro atoms. The van der Waals surface area contributed by atoms with Gasteiger partial charge in [-0.25, -0.2) is 9.97 Å². The van der Waals surface area contributed by atoms with Crippen molar-refractivity contribution in [1.29, 1.82) is 0 Å². The van der Waals surface area contributed by atoms with Gasteiger partial charge in [0.25, 0.3) is 5.56 Å². The maximum atomic E-state index is 12.1. The predicted octanol–water partition coefficient (Wildman–Crippen LogP) is 2.69. The number of nitrogens with zero attached hydrogens (tertiary/aromatic N) is 3. The van der Waals surface area contributed by atoms with Crippen LogP contribution >= 0.6 is 11.8 Å². The van der Waals surface area contributed by atoms with Gasteiger partial charge in [-0.05, 0) is 30.7 Å². The van der Waals surface area contributed by atoms with Crippen molar-refractivity contribution in [3.05, 3.63) is 70.4 Å². The highest BCUT2D eigenvalue weighted by Gasteiger charge is 2.04. The van der Waals surface area contributed by atoms with E-state index >= 15 is 0 Å². The average Bonchev–Trinajstić information content (AvgIpc) is 2.47. The van der Waals surface area contributed by atoms with E-state index in [4.69, 9.17) is 0 Å². The zero-order chi connectivity index (χ0) is 13.9. The standard InChI is InChI=1S/C15H13N3OS/c1-11-5-6-13-17-12(8-15(19)18(13)9-11)10-20-14-4-2-3-7-16-14/h2-9H,10H2,1H3. The molecule has 3 aromatic rings. The molecule has 0 unspecified atom stereocenters. The van der Waals surface area contributed by atoms with Gasteiger partial charge < -0.3 is 0 Å². The predicted molar refractivity (Wildman–Crippen MR) is 80.0 cm³/mol. The van der Waals surface area contributed by atoms with E-state index < -0.39 is 0 Å². The summed E-state index contributed by atoms with van der Waals surface area (Å²) >= 11 is 1.57. The minimum absolute atomic E-state index is 0.0460. The van der Waals surface area contributed by atoms with Gasteiger partial charge in [0, 0.05) is 24.2 Å². The van der Waals surface area contributed by atoms with Crippen molar-refractivity contribution in [3.8, 4) is 0 Å². The van der Waals surface area contributed by atoms with Crippen molar-refractivity contribution >= 4 is 17.4 Å². The average molecular weight is 283 g/mol. The summed E-state index contributed by atoms with van der Waals surface area (Å²) in [4.78, 5) is 20.8. The largest absolute Gasteiger partial charge is 0.269 e. The molecular weight excluding hydrogens is 270 g/mol. The summed E-state index contributed by atoms with van der Waals surface area (Å²) in [7, 11) is 0. The van der Waals surface area contributed by atoms with Gasteiger partial charge in [0.05, 0.1) is 10.7 Å². The molecule has 0 aliphatic carbocycles. The molecule has 0 saturated heterocycles. The summed E-state index contributed by atoms with van der Waals surface area (Å²) in [6.07, 6.45) is 3.56. The highest BCUT2D eigenvalue weighted by atomic mass is 32.2. The van der Waals surface area contributed by atoms with Crippen LogP contribution in [0.5, 0.6) is 0 Å². The summed E-state index contributed by atoms with van der Waals surface area (Å²) in [5.74, 6) is 0.636. The Balaban J connectivity index is 1.89. The van der Waals surface area contributed by atoms with E-state index in [-0.39, 0.29) is 5.56 Å². The molecule has 3 heterocycles. The third-order valence-corrected chi connectivity index (χ3v) is 3.84. The van der Waals surface area contributed by atoms with Crippen LogP contribution in [0.4, 0.5) is 0 Å². The molecule has 0 bridgehead atoms. The Morgan fingerprint density at radius 3 is 2.95 bits per heavy atom. The summed E-state index contributed by atoms with van der Waals surface area (Å²) in [5.41, 5.74) is 2.45. The smallest absolute Gasteiger partial charge is 0.258 e. The van der Waals surface area contributed by atoms with Crippen LogP contribution < -0.4 is 5.56 Å². The van der Waals surface area contributed by atoms with E-state index in [1.807, 2.05) is 37.3 Å². The van der Waals surface area contributed by atoms with Crippen molar-refractivity contribution in [2.24, 2.45) is 0 Å². The van der Waals surface area contributed by atoms with E-state index in [9.17, 15) is 4.79 Å². The molecule has 4 nitrogen and oxygen atoms in total. The normalized spacial score (nSPS) is 10.8. The number of aryl methyl sites for hydroxylation is 1. The maximum absolute atomic E-state index is 12.1. The zero-order valence-corrected chi connectivity index (χ0v) is 11.8. The summed E-state index contributed by atoms with van der Waals surface area (Å²) < 4.78 is 1.57. The molecule has 0 aliphatic heterocycles. The topological polar surface area (TPSA) is 47.3 Å². The van der Waals surface area contributed by atoms with Crippen LogP contribution in [-0.2, 0) is 5.75 Å². The number of pyridine rings is 2. The quantitative estimate of drug-likeness (QED) is 0.693. The lowest BCUT2D eigenvalue weighted by atomic mass is 10.3. The molecule has 0 aliphatic rings. The molecule has 0 radical (unpaired) electrons. The van der Waals surface area contributed by atoms with Crippen LogP contribution in [0.2, 0.25) is 0 Å². The Hall–Kier alpha value is -2.14. The van der Waals surface area contributed by atoms with Crippen molar-refractivity contribution in [2.75, 3.05) is 0 Å². The molecule has 3 rings (SSSR count). The number of thioether (sulfide) groups is 1. The molecule has 0 fully saturated rings. The maximum Gasteiger partial charge on any atom is 0.258 e. The van der Waals surface area contributed by atoms with Gasteiger partial charge in [0.2, 0.25) is 0 Å². The van der Waals surface area contributed by atoms with Gasteiger partial charge in [-0.1, -0.05) is 12.1 Å². The van der Waals surface area contributed by atoms with Crippen LogP contribution in [0.1, 0.15) is 11.3 Å². The Labute approximate surface area is 120 Å². The molecule has 20 heavy (non-hydrogen) atoms. The number of aromatic nitrogens is 3. The van der Waals surface area contributed by atoms with E-state index in [2.05, 4.69) is 9.97 Å². The van der Waals surface area contributed by atoms with Crippen LogP contribution in [0.15, 0.2) is 58.6 Å². The number of hydrogen-bond donors (Lipinski definition) is 0.